The van der Waals surface area contributed by atoms with E-state index < -0.39 is 0 Å². The average Bonchev–Trinajstić information content (AvgIpc) is 2.35. The summed E-state index contributed by atoms with van der Waals surface area (Å²) in [5, 5.41) is 3.65. The van der Waals surface area contributed by atoms with Crippen LogP contribution in [0.2, 0.25) is 5.02 Å². The fraction of sp³-hybridized carbons (Fsp3) is 0.0833. The molecule has 0 saturated heterocycles. The van der Waals surface area contributed by atoms with Crippen LogP contribution in [0.15, 0.2) is 34.8 Å². The van der Waals surface area contributed by atoms with Crippen LogP contribution in [0, 0.1) is 0 Å². The van der Waals surface area contributed by atoms with Gasteiger partial charge in [-0.2, -0.15) is 4.98 Å². The van der Waals surface area contributed by atoms with Gasteiger partial charge in [0.25, 0.3) is 0 Å². The number of pyridine rings is 1. The van der Waals surface area contributed by atoms with Gasteiger partial charge in [-0.25, -0.2) is 0 Å². The average molecular weight is 329 g/mol. The summed E-state index contributed by atoms with van der Waals surface area (Å²) < 4.78 is 5.96. The zero-order chi connectivity index (χ0) is 13.1. The summed E-state index contributed by atoms with van der Waals surface area (Å²) in [6.45, 7) is 0. The van der Waals surface area contributed by atoms with Gasteiger partial charge < -0.3 is 15.8 Å². The molecule has 94 valence electrons. The number of anilines is 3. The monoisotopic (exact) mass is 327 g/mol. The third kappa shape index (κ3) is 2.86. The maximum atomic E-state index is 6.11. The van der Waals surface area contributed by atoms with Gasteiger partial charge in [0.2, 0.25) is 5.88 Å². The van der Waals surface area contributed by atoms with Crippen molar-refractivity contribution in [2.45, 2.75) is 0 Å². The van der Waals surface area contributed by atoms with Crippen molar-refractivity contribution in [3.05, 3.63) is 39.8 Å². The van der Waals surface area contributed by atoms with Crippen molar-refractivity contribution in [3.8, 4) is 5.88 Å². The van der Waals surface area contributed by atoms with Gasteiger partial charge in [-0.3, -0.25) is 0 Å². The van der Waals surface area contributed by atoms with Gasteiger partial charge in [-0.05, 0) is 24.3 Å². The van der Waals surface area contributed by atoms with Crippen LogP contribution in [0.4, 0.5) is 17.2 Å². The molecule has 0 unspecified atom stereocenters. The van der Waals surface area contributed by atoms with Crippen molar-refractivity contribution in [2.24, 2.45) is 0 Å². The maximum absolute atomic E-state index is 6.11. The van der Waals surface area contributed by atoms with Crippen LogP contribution in [0.5, 0.6) is 5.88 Å². The highest BCUT2D eigenvalue weighted by Crippen LogP contribution is 2.30. The second-order valence-electron chi connectivity index (χ2n) is 3.54. The molecule has 0 bridgehead atoms. The molecule has 1 heterocycles. The molecule has 2 aromatic rings. The zero-order valence-electron chi connectivity index (χ0n) is 9.58. The molecule has 1 aromatic heterocycles. The molecule has 0 amide bonds. The highest BCUT2D eigenvalue weighted by Gasteiger charge is 2.06. The molecule has 18 heavy (non-hydrogen) atoms. The minimum atomic E-state index is 0.486. The fourth-order valence-corrected chi connectivity index (χ4v) is 2.10. The number of rotatable bonds is 3. The number of nitrogen functional groups attached to an aromatic ring is 1. The Kier molecular flexibility index (Phi) is 3.93. The number of halogens is 2. The first-order chi connectivity index (χ1) is 8.60. The van der Waals surface area contributed by atoms with Crippen LogP contribution in [-0.4, -0.2) is 12.1 Å². The van der Waals surface area contributed by atoms with Crippen LogP contribution >= 0.6 is 27.5 Å². The first kappa shape index (κ1) is 13.0. The Morgan fingerprint density at radius 2 is 2.11 bits per heavy atom. The lowest BCUT2D eigenvalue weighted by Gasteiger charge is -2.11. The standard InChI is InChI=1S/C12H11BrClN3O/c1-18-11-5-3-9(15)12(17-11)16-10-4-2-7(13)6-8(10)14/h2-6H,15H2,1H3,(H,16,17). The Labute approximate surface area is 118 Å². The largest absolute Gasteiger partial charge is 0.481 e. The summed E-state index contributed by atoms with van der Waals surface area (Å²) in [4.78, 5) is 4.22. The molecule has 0 aliphatic carbocycles. The molecule has 0 saturated carbocycles. The summed E-state index contributed by atoms with van der Waals surface area (Å²) in [5.41, 5.74) is 7.09. The molecule has 0 aliphatic rings. The van der Waals surface area contributed by atoms with E-state index in [0.717, 1.165) is 10.2 Å². The molecule has 0 spiro atoms. The Hall–Kier alpha value is -1.46. The van der Waals surface area contributed by atoms with Gasteiger partial charge in [0.15, 0.2) is 5.82 Å². The van der Waals surface area contributed by atoms with E-state index in [0.29, 0.717) is 22.4 Å². The van der Waals surface area contributed by atoms with E-state index in [9.17, 15) is 0 Å². The third-order valence-electron chi connectivity index (χ3n) is 2.29. The third-order valence-corrected chi connectivity index (χ3v) is 3.10. The maximum Gasteiger partial charge on any atom is 0.215 e. The van der Waals surface area contributed by atoms with Gasteiger partial charge >= 0.3 is 0 Å². The topological polar surface area (TPSA) is 60.2 Å². The Morgan fingerprint density at radius 3 is 2.78 bits per heavy atom. The predicted octanol–water partition coefficient (Wildman–Crippen LogP) is 3.83. The lowest BCUT2D eigenvalue weighted by molar-refractivity contribution is 0.398. The van der Waals surface area contributed by atoms with Crippen molar-refractivity contribution < 1.29 is 4.74 Å². The van der Waals surface area contributed by atoms with E-state index in [1.165, 1.54) is 0 Å². The first-order valence-corrected chi connectivity index (χ1v) is 6.30. The number of benzene rings is 1. The molecule has 0 fully saturated rings. The summed E-state index contributed by atoms with van der Waals surface area (Å²) in [7, 11) is 1.55. The van der Waals surface area contributed by atoms with Gasteiger partial charge in [-0.1, -0.05) is 27.5 Å². The summed E-state index contributed by atoms with van der Waals surface area (Å²) in [5.74, 6) is 0.999. The number of nitrogens with one attached hydrogen (secondary N) is 1. The smallest absolute Gasteiger partial charge is 0.215 e. The van der Waals surface area contributed by atoms with E-state index in [1.54, 1.807) is 25.3 Å². The van der Waals surface area contributed by atoms with Gasteiger partial charge in [-0.15, -0.1) is 0 Å². The van der Waals surface area contributed by atoms with Crippen molar-refractivity contribution in [1.29, 1.82) is 0 Å². The number of nitrogens with two attached hydrogens (primary N) is 1. The molecule has 2 rings (SSSR count). The highest BCUT2D eigenvalue weighted by atomic mass is 79.9. The molecule has 0 aliphatic heterocycles. The Balaban J connectivity index is 2.33. The quantitative estimate of drug-likeness (QED) is 0.899. The van der Waals surface area contributed by atoms with E-state index in [4.69, 9.17) is 22.1 Å². The predicted molar refractivity (Wildman–Crippen MR) is 77.6 cm³/mol. The van der Waals surface area contributed by atoms with Crippen molar-refractivity contribution in [3.63, 3.8) is 0 Å². The summed E-state index contributed by atoms with van der Waals surface area (Å²) >= 11 is 9.46. The molecular weight excluding hydrogens is 318 g/mol. The summed E-state index contributed by atoms with van der Waals surface area (Å²) in [6, 6.07) is 8.93. The van der Waals surface area contributed by atoms with Crippen LogP contribution in [-0.2, 0) is 0 Å². The number of nitrogens with zero attached hydrogens (tertiary/aromatic N) is 1. The number of methoxy groups -OCH3 is 1. The number of hydrogen-bond donors (Lipinski definition) is 2. The lowest BCUT2D eigenvalue weighted by atomic mass is 10.3. The molecule has 4 nitrogen and oxygen atoms in total. The summed E-state index contributed by atoms with van der Waals surface area (Å²) in [6.07, 6.45) is 0. The normalized spacial score (nSPS) is 10.2. The van der Waals surface area contributed by atoms with Gasteiger partial charge in [0, 0.05) is 10.5 Å². The zero-order valence-corrected chi connectivity index (χ0v) is 11.9. The number of ether oxygens (including phenoxy) is 1. The Morgan fingerprint density at radius 1 is 1.33 bits per heavy atom. The van der Waals surface area contributed by atoms with Crippen LogP contribution in [0.3, 0.4) is 0 Å². The molecular formula is C12H11BrClN3O. The second-order valence-corrected chi connectivity index (χ2v) is 4.86. The minimum absolute atomic E-state index is 0.486. The lowest BCUT2D eigenvalue weighted by Crippen LogP contribution is -2.01. The molecule has 3 N–H and O–H groups in total. The van der Waals surface area contributed by atoms with Crippen molar-refractivity contribution in [2.75, 3.05) is 18.2 Å². The highest BCUT2D eigenvalue weighted by molar-refractivity contribution is 9.10. The Bertz CT molecular complexity index is 577. The molecule has 0 atom stereocenters. The van der Waals surface area contributed by atoms with Gasteiger partial charge in [0.05, 0.1) is 23.5 Å². The molecule has 1 aromatic carbocycles. The fourth-order valence-electron chi connectivity index (χ4n) is 1.38. The second kappa shape index (κ2) is 5.46. The first-order valence-electron chi connectivity index (χ1n) is 5.12. The molecule has 6 heteroatoms. The van der Waals surface area contributed by atoms with Crippen molar-refractivity contribution >= 4 is 44.7 Å². The van der Waals surface area contributed by atoms with Crippen LogP contribution in [0.25, 0.3) is 0 Å². The van der Waals surface area contributed by atoms with E-state index >= 15 is 0 Å². The molecule has 0 radical (unpaired) electrons. The minimum Gasteiger partial charge on any atom is -0.481 e. The van der Waals surface area contributed by atoms with Crippen LogP contribution in [0.1, 0.15) is 0 Å². The van der Waals surface area contributed by atoms with E-state index in [1.807, 2.05) is 12.1 Å². The van der Waals surface area contributed by atoms with E-state index in [-0.39, 0.29) is 0 Å². The van der Waals surface area contributed by atoms with Gasteiger partial charge in [0.1, 0.15) is 0 Å². The SMILES string of the molecule is COc1ccc(N)c(Nc2ccc(Br)cc2Cl)n1. The number of hydrogen-bond acceptors (Lipinski definition) is 4. The van der Waals surface area contributed by atoms with Crippen molar-refractivity contribution in [1.82, 2.24) is 4.98 Å². The van der Waals surface area contributed by atoms with Crippen LogP contribution < -0.4 is 15.8 Å². The number of aromatic nitrogens is 1. The van der Waals surface area contributed by atoms with E-state index in [2.05, 4.69) is 26.2 Å².